The van der Waals surface area contributed by atoms with Crippen molar-refractivity contribution in [2.75, 3.05) is 6.61 Å². The molecule has 0 saturated carbocycles. The fraction of sp³-hybridized carbons (Fsp3) is 0.353. The van der Waals surface area contributed by atoms with Crippen molar-refractivity contribution in [3.8, 4) is 0 Å². The van der Waals surface area contributed by atoms with Gasteiger partial charge in [0.1, 0.15) is 5.60 Å². The summed E-state index contributed by atoms with van der Waals surface area (Å²) < 4.78 is 5.24. The highest BCUT2D eigenvalue weighted by atomic mass is 16.6. The molecule has 0 aliphatic carbocycles. The first kappa shape index (κ1) is 15.3. The SMILES string of the molecule is CC(C)(C)OC(=O)N[C@H](CO)c1cccc2ccccc12. The number of benzene rings is 2. The van der Waals surface area contributed by atoms with Gasteiger partial charge in [-0.2, -0.15) is 0 Å². The summed E-state index contributed by atoms with van der Waals surface area (Å²) in [4.78, 5) is 11.9. The van der Waals surface area contributed by atoms with Crippen LogP contribution < -0.4 is 5.32 Å². The molecule has 0 bridgehead atoms. The summed E-state index contributed by atoms with van der Waals surface area (Å²) in [5.41, 5.74) is 0.310. The van der Waals surface area contributed by atoms with E-state index in [1.807, 2.05) is 42.5 Å². The standard InChI is InChI=1S/C17H21NO3/c1-17(2,3)21-16(20)18-15(11-19)14-10-6-8-12-7-4-5-9-13(12)14/h4-10,15,19H,11H2,1-3H3,(H,18,20)/t15-/m1/s1. The van der Waals surface area contributed by atoms with Crippen LogP contribution in [0.5, 0.6) is 0 Å². The molecule has 4 heteroatoms. The number of alkyl carbamates (subject to hydrolysis) is 1. The fourth-order valence-corrected chi connectivity index (χ4v) is 2.23. The molecule has 112 valence electrons. The van der Waals surface area contributed by atoms with Crippen LogP contribution in [0.25, 0.3) is 10.8 Å². The molecular weight excluding hydrogens is 266 g/mol. The molecule has 0 fully saturated rings. The molecule has 0 aromatic heterocycles. The molecule has 2 rings (SSSR count). The number of rotatable bonds is 3. The molecule has 0 unspecified atom stereocenters. The summed E-state index contributed by atoms with van der Waals surface area (Å²) in [7, 11) is 0. The Morgan fingerprint density at radius 3 is 2.52 bits per heavy atom. The maximum Gasteiger partial charge on any atom is 0.408 e. The average Bonchev–Trinajstić information content (AvgIpc) is 2.42. The number of hydrogen-bond donors (Lipinski definition) is 2. The zero-order chi connectivity index (χ0) is 15.5. The number of carbonyl (C=O) groups excluding carboxylic acids is 1. The van der Waals surface area contributed by atoms with E-state index in [1.165, 1.54) is 0 Å². The Bertz CT molecular complexity index is 626. The Labute approximate surface area is 124 Å². The van der Waals surface area contributed by atoms with Gasteiger partial charge in [-0.05, 0) is 37.1 Å². The summed E-state index contributed by atoms with van der Waals surface area (Å²) >= 11 is 0. The Kier molecular flexibility index (Phi) is 4.48. The number of fused-ring (bicyclic) bond motifs is 1. The molecule has 0 radical (unpaired) electrons. The highest BCUT2D eigenvalue weighted by Gasteiger charge is 2.21. The number of aliphatic hydroxyl groups excluding tert-OH is 1. The van der Waals surface area contributed by atoms with E-state index in [-0.39, 0.29) is 6.61 Å². The lowest BCUT2D eigenvalue weighted by molar-refractivity contribution is 0.0482. The van der Waals surface area contributed by atoms with Gasteiger partial charge in [0.25, 0.3) is 0 Å². The van der Waals surface area contributed by atoms with Crippen LogP contribution in [0.3, 0.4) is 0 Å². The summed E-state index contributed by atoms with van der Waals surface area (Å²) in [5, 5.41) is 14.4. The van der Waals surface area contributed by atoms with Crippen LogP contribution in [0.15, 0.2) is 42.5 Å². The van der Waals surface area contributed by atoms with Crippen LogP contribution >= 0.6 is 0 Å². The van der Waals surface area contributed by atoms with Gasteiger partial charge in [-0.15, -0.1) is 0 Å². The highest BCUT2D eigenvalue weighted by molar-refractivity contribution is 5.86. The minimum absolute atomic E-state index is 0.187. The Morgan fingerprint density at radius 1 is 1.19 bits per heavy atom. The normalized spacial score (nSPS) is 13.0. The predicted octanol–water partition coefficient (Wildman–Crippen LogP) is 3.40. The number of ether oxygens (including phenoxy) is 1. The molecular formula is C17H21NO3. The molecule has 0 saturated heterocycles. The van der Waals surface area contributed by atoms with Crippen molar-refractivity contribution in [3.63, 3.8) is 0 Å². The van der Waals surface area contributed by atoms with E-state index in [0.717, 1.165) is 16.3 Å². The number of carbonyl (C=O) groups is 1. The number of hydrogen-bond acceptors (Lipinski definition) is 3. The third kappa shape index (κ3) is 3.95. The molecule has 0 heterocycles. The summed E-state index contributed by atoms with van der Waals surface area (Å²) in [5.74, 6) is 0. The van der Waals surface area contributed by atoms with Crippen molar-refractivity contribution in [2.45, 2.75) is 32.4 Å². The Morgan fingerprint density at radius 2 is 1.86 bits per heavy atom. The molecule has 4 nitrogen and oxygen atoms in total. The fourth-order valence-electron chi connectivity index (χ4n) is 2.23. The van der Waals surface area contributed by atoms with E-state index in [9.17, 15) is 9.90 Å². The maximum atomic E-state index is 11.9. The molecule has 1 atom stereocenters. The van der Waals surface area contributed by atoms with Gasteiger partial charge in [-0.25, -0.2) is 4.79 Å². The third-order valence-electron chi connectivity index (χ3n) is 3.07. The van der Waals surface area contributed by atoms with Crippen molar-refractivity contribution >= 4 is 16.9 Å². The third-order valence-corrected chi connectivity index (χ3v) is 3.07. The minimum atomic E-state index is -0.567. The molecule has 2 N–H and O–H groups in total. The van der Waals surface area contributed by atoms with Crippen LogP contribution in [0, 0.1) is 0 Å². The quantitative estimate of drug-likeness (QED) is 0.909. The summed E-state index contributed by atoms with van der Waals surface area (Å²) in [6.45, 7) is 5.22. The van der Waals surface area contributed by atoms with E-state index < -0.39 is 17.7 Å². The van der Waals surface area contributed by atoms with E-state index in [1.54, 1.807) is 20.8 Å². The van der Waals surface area contributed by atoms with E-state index in [4.69, 9.17) is 4.74 Å². The van der Waals surface area contributed by atoms with E-state index >= 15 is 0 Å². The van der Waals surface area contributed by atoms with Crippen molar-refractivity contribution < 1.29 is 14.6 Å². The first-order valence-corrected chi connectivity index (χ1v) is 6.99. The Balaban J connectivity index is 2.26. The number of aliphatic hydroxyl groups is 1. The zero-order valence-electron chi connectivity index (χ0n) is 12.6. The lowest BCUT2D eigenvalue weighted by atomic mass is 9.99. The second kappa shape index (κ2) is 6.14. The van der Waals surface area contributed by atoms with E-state index in [0.29, 0.717) is 0 Å². The van der Waals surface area contributed by atoms with Gasteiger partial charge in [0.05, 0.1) is 12.6 Å². The number of amides is 1. The smallest absolute Gasteiger partial charge is 0.408 e. The van der Waals surface area contributed by atoms with Gasteiger partial charge in [-0.3, -0.25) is 0 Å². The molecule has 21 heavy (non-hydrogen) atoms. The molecule has 0 spiro atoms. The van der Waals surface area contributed by atoms with Crippen LogP contribution in [0.4, 0.5) is 4.79 Å². The van der Waals surface area contributed by atoms with Gasteiger partial charge >= 0.3 is 6.09 Å². The van der Waals surface area contributed by atoms with Crippen LogP contribution in [0.1, 0.15) is 32.4 Å². The van der Waals surface area contributed by atoms with Gasteiger partial charge in [0.15, 0.2) is 0 Å². The van der Waals surface area contributed by atoms with E-state index in [2.05, 4.69) is 5.32 Å². The largest absolute Gasteiger partial charge is 0.444 e. The van der Waals surface area contributed by atoms with Gasteiger partial charge in [-0.1, -0.05) is 42.5 Å². The van der Waals surface area contributed by atoms with Crippen LogP contribution in [-0.4, -0.2) is 23.4 Å². The number of nitrogens with one attached hydrogen (secondary N) is 1. The predicted molar refractivity (Wildman–Crippen MR) is 83.1 cm³/mol. The second-order valence-corrected chi connectivity index (χ2v) is 5.95. The Hall–Kier alpha value is -2.07. The van der Waals surface area contributed by atoms with Crippen molar-refractivity contribution in [3.05, 3.63) is 48.0 Å². The van der Waals surface area contributed by atoms with Crippen molar-refractivity contribution in [1.29, 1.82) is 0 Å². The van der Waals surface area contributed by atoms with Gasteiger partial charge in [0.2, 0.25) is 0 Å². The summed E-state index contributed by atoms with van der Waals surface area (Å²) in [6, 6.07) is 13.2. The first-order chi connectivity index (χ1) is 9.90. The monoisotopic (exact) mass is 287 g/mol. The molecule has 1 amide bonds. The topological polar surface area (TPSA) is 58.6 Å². The second-order valence-electron chi connectivity index (χ2n) is 5.95. The lowest BCUT2D eigenvalue weighted by Gasteiger charge is -2.23. The zero-order valence-corrected chi connectivity index (χ0v) is 12.6. The van der Waals surface area contributed by atoms with Gasteiger partial charge in [0, 0.05) is 0 Å². The lowest BCUT2D eigenvalue weighted by Crippen LogP contribution is -2.36. The molecule has 0 aliphatic rings. The maximum absolute atomic E-state index is 11.9. The average molecular weight is 287 g/mol. The van der Waals surface area contributed by atoms with Gasteiger partial charge < -0.3 is 15.2 Å². The van der Waals surface area contributed by atoms with Crippen molar-refractivity contribution in [2.24, 2.45) is 0 Å². The van der Waals surface area contributed by atoms with Crippen molar-refractivity contribution in [1.82, 2.24) is 5.32 Å². The molecule has 2 aromatic rings. The first-order valence-electron chi connectivity index (χ1n) is 6.99. The minimum Gasteiger partial charge on any atom is -0.444 e. The molecule has 2 aromatic carbocycles. The van der Waals surface area contributed by atoms with Crippen LogP contribution in [-0.2, 0) is 4.74 Å². The molecule has 0 aliphatic heterocycles. The highest BCUT2D eigenvalue weighted by Crippen LogP contribution is 2.24. The van der Waals surface area contributed by atoms with Crippen LogP contribution in [0.2, 0.25) is 0 Å². The summed E-state index contributed by atoms with van der Waals surface area (Å²) in [6.07, 6.45) is -0.533.